The molecule has 0 unspecified atom stereocenters. The summed E-state index contributed by atoms with van der Waals surface area (Å²) < 4.78 is 25.9. The van der Waals surface area contributed by atoms with Crippen LogP contribution in [0.3, 0.4) is 0 Å². The standard InChI is InChI=1S/C21H24N2O4S2/c1-14(11-21(25)22-17-5-4-6-18(13-17)28-3)29(26,27)19-7-8-20-16(12-19)9-10-23(20)15(2)24/h4-8,12-14H,9-11H2,1-3H3,(H,22,25)/t14-/m1/s1. The minimum absolute atomic E-state index is 0.0602. The second-order valence-electron chi connectivity index (χ2n) is 7.05. The summed E-state index contributed by atoms with van der Waals surface area (Å²) in [5.74, 6) is -0.404. The molecule has 1 heterocycles. The van der Waals surface area contributed by atoms with Crippen molar-refractivity contribution in [2.75, 3.05) is 23.0 Å². The van der Waals surface area contributed by atoms with Gasteiger partial charge in [-0.25, -0.2) is 8.42 Å². The minimum Gasteiger partial charge on any atom is -0.326 e. The molecule has 0 aromatic heterocycles. The van der Waals surface area contributed by atoms with Gasteiger partial charge in [-0.1, -0.05) is 6.07 Å². The third-order valence-corrected chi connectivity index (χ3v) is 7.87. The highest BCUT2D eigenvalue weighted by Gasteiger charge is 2.29. The zero-order chi connectivity index (χ0) is 21.2. The summed E-state index contributed by atoms with van der Waals surface area (Å²) in [6.45, 7) is 3.60. The number of hydrogen-bond donors (Lipinski definition) is 1. The molecule has 2 aromatic carbocycles. The first-order chi connectivity index (χ1) is 13.7. The van der Waals surface area contributed by atoms with Crippen LogP contribution >= 0.6 is 11.8 Å². The Bertz CT molecular complexity index is 1050. The number of benzene rings is 2. The fourth-order valence-electron chi connectivity index (χ4n) is 3.40. The van der Waals surface area contributed by atoms with Gasteiger partial charge in [0.05, 0.1) is 10.1 Å². The Balaban J connectivity index is 1.72. The van der Waals surface area contributed by atoms with Gasteiger partial charge < -0.3 is 10.2 Å². The van der Waals surface area contributed by atoms with Crippen LogP contribution < -0.4 is 10.2 Å². The molecule has 8 heteroatoms. The van der Waals surface area contributed by atoms with Crippen molar-refractivity contribution in [1.82, 2.24) is 0 Å². The lowest BCUT2D eigenvalue weighted by molar-refractivity contribution is -0.117. The number of fused-ring (bicyclic) bond motifs is 1. The summed E-state index contributed by atoms with van der Waals surface area (Å²) in [5.41, 5.74) is 2.25. The fourth-order valence-corrected chi connectivity index (χ4v) is 5.26. The SMILES string of the molecule is CSc1cccc(NC(=O)C[C@@H](C)S(=O)(=O)c2ccc3c(c2)CCN3C(C)=O)c1. The van der Waals surface area contributed by atoms with Crippen LogP contribution in [-0.2, 0) is 25.8 Å². The molecule has 2 aromatic rings. The Hall–Kier alpha value is -2.32. The molecule has 0 aliphatic carbocycles. The van der Waals surface area contributed by atoms with Gasteiger partial charge in [0.1, 0.15) is 0 Å². The van der Waals surface area contributed by atoms with E-state index in [2.05, 4.69) is 5.32 Å². The molecule has 1 N–H and O–H groups in total. The summed E-state index contributed by atoms with van der Waals surface area (Å²) >= 11 is 1.57. The molecular formula is C21H24N2O4S2. The minimum atomic E-state index is -3.67. The van der Waals surface area contributed by atoms with E-state index in [1.807, 2.05) is 24.5 Å². The molecule has 0 saturated carbocycles. The van der Waals surface area contributed by atoms with Gasteiger partial charge in [-0.15, -0.1) is 11.8 Å². The number of carbonyl (C=O) groups is 2. The zero-order valence-corrected chi connectivity index (χ0v) is 18.3. The summed E-state index contributed by atoms with van der Waals surface area (Å²) in [5, 5.41) is 1.90. The second kappa shape index (κ2) is 8.59. The number of amides is 2. The lowest BCUT2D eigenvalue weighted by Gasteiger charge is -2.16. The highest BCUT2D eigenvalue weighted by atomic mass is 32.2. The quantitative estimate of drug-likeness (QED) is 0.706. The van der Waals surface area contributed by atoms with Crippen LogP contribution in [0.15, 0.2) is 52.3 Å². The van der Waals surface area contributed by atoms with Gasteiger partial charge in [-0.3, -0.25) is 9.59 Å². The number of rotatable bonds is 6. The number of nitrogens with one attached hydrogen (secondary N) is 1. The molecule has 29 heavy (non-hydrogen) atoms. The fraction of sp³-hybridized carbons (Fsp3) is 0.333. The van der Waals surface area contributed by atoms with E-state index < -0.39 is 15.1 Å². The third kappa shape index (κ3) is 4.64. The molecule has 3 rings (SSSR count). The van der Waals surface area contributed by atoms with Crippen molar-refractivity contribution in [3.63, 3.8) is 0 Å². The first-order valence-electron chi connectivity index (χ1n) is 9.31. The van der Waals surface area contributed by atoms with E-state index in [0.29, 0.717) is 18.7 Å². The highest BCUT2D eigenvalue weighted by molar-refractivity contribution is 7.98. The molecule has 0 spiro atoms. The number of carbonyl (C=O) groups excluding carboxylic acids is 2. The Labute approximate surface area is 175 Å². The predicted octanol–water partition coefficient (Wildman–Crippen LogP) is 3.51. The van der Waals surface area contributed by atoms with E-state index in [1.165, 1.54) is 13.0 Å². The van der Waals surface area contributed by atoms with E-state index in [-0.39, 0.29) is 23.1 Å². The van der Waals surface area contributed by atoms with Crippen molar-refractivity contribution < 1.29 is 18.0 Å². The van der Waals surface area contributed by atoms with E-state index in [4.69, 9.17) is 0 Å². The van der Waals surface area contributed by atoms with E-state index >= 15 is 0 Å². The summed E-state index contributed by atoms with van der Waals surface area (Å²) in [4.78, 5) is 26.9. The highest BCUT2D eigenvalue weighted by Crippen LogP contribution is 2.31. The molecule has 2 amide bonds. The van der Waals surface area contributed by atoms with Crippen molar-refractivity contribution in [3.8, 4) is 0 Å². The number of nitrogens with zero attached hydrogens (tertiary/aromatic N) is 1. The van der Waals surface area contributed by atoms with Crippen LogP contribution in [0.25, 0.3) is 0 Å². The van der Waals surface area contributed by atoms with E-state index in [9.17, 15) is 18.0 Å². The van der Waals surface area contributed by atoms with Crippen LogP contribution in [0.2, 0.25) is 0 Å². The number of thioether (sulfide) groups is 1. The van der Waals surface area contributed by atoms with Crippen LogP contribution in [-0.4, -0.2) is 38.3 Å². The van der Waals surface area contributed by atoms with Crippen LogP contribution in [0.4, 0.5) is 11.4 Å². The molecule has 0 saturated heterocycles. The van der Waals surface area contributed by atoms with Crippen molar-refractivity contribution in [2.24, 2.45) is 0 Å². The Morgan fingerprint density at radius 2 is 1.97 bits per heavy atom. The van der Waals surface area contributed by atoms with Gasteiger partial charge in [0, 0.05) is 36.2 Å². The maximum atomic E-state index is 13.0. The molecule has 0 bridgehead atoms. The van der Waals surface area contributed by atoms with Gasteiger partial charge in [0.2, 0.25) is 11.8 Å². The van der Waals surface area contributed by atoms with Crippen molar-refractivity contribution in [3.05, 3.63) is 48.0 Å². The zero-order valence-electron chi connectivity index (χ0n) is 16.6. The van der Waals surface area contributed by atoms with Crippen LogP contribution in [0, 0.1) is 0 Å². The number of sulfone groups is 1. The smallest absolute Gasteiger partial charge is 0.225 e. The third-order valence-electron chi connectivity index (χ3n) is 5.01. The first kappa shape index (κ1) is 21.4. The van der Waals surface area contributed by atoms with Gasteiger partial charge in [0.15, 0.2) is 9.84 Å². The summed E-state index contributed by atoms with van der Waals surface area (Å²) in [6, 6.07) is 12.2. The maximum Gasteiger partial charge on any atom is 0.225 e. The first-order valence-corrected chi connectivity index (χ1v) is 12.1. The molecule has 1 aliphatic heterocycles. The van der Waals surface area contributed by atoms with Gasteiger partial charge in [-0.2, -0.15) is 0 Å². The summed E-state index contributed by atoms with van der Waals surface area (Å²) in [6.07, 6.45) is 2.43. The molecule has 6 nitrogen and oxygen atoms in total. The molecule has 154 valence electrons. The van der Waals surface area contributed by atoms with Gasteiger partial charge in [-0.05, 0) is 61.6 Å². The Morgan fingerprint density at radius 1 is 1.21 bits per heavy atom. The Kier molecular flexibility index (Phi) is 6.33. The Morgan fingerprint density at radius 3 is 2.66 bits per heavy atom. The van der Waals surface area contributed by atoms with Crippen molar-refractivity contribution in [1.29, 1.82) is 0 Å². The largest absolute Gasteiger partial charge is 0.326 e. The average molecular weight is 433 g/mol. The second-order valence-corrected chi connectivity index (χ2v) is 10.3. The molecule has 0 fully saturated rings. The number of anilines is 2. The molecule has 1 atom stereocenters. The van der Waals surface area contributed by atoms with Crippen LogP contribution in [0.1, 0.15) is 25.8 Å². The van der Waals surface area contributed by atoms with Crippen molar-refractivity contribution >= 4 is 44.8 Å². The van der Waals surface area contributed by atoms with E-state index in [1.54, 1.807) is 41.8 Å². The van der Waals surface area contributed by atoms with Crippen molar-refractivity contribution in [2.45, 2.75) is 41.7 Å². The average Bonchev–Trinajstić information content (AvgIpc) is 3.11. The summed E-state index contributed by atoms with van der Waals surface area (Å²) in [7, 11) is -3.67. The normalized spacial score (nSPS) is 14.4. The van der Waals surface area contributed by atoms with Gasteiger partial charge >= 0.3 is 0 Å². The molecule has 1 aliphatic rings. The molecule has 0 radical (unpaired) electrons. The lowest BCUT2D eigenvalue weighted by atomic mass is 10.2. The van der Waals surface area contributed by atoms with Crippen LogP contribution in [0.5, 0.6) is 0 Å². The van der Waals surface area contributed by atoms with E-state index in [0.717, 1.165) is 16.1 Å². The lowest BCUT2D eigenvalue weighted by Crippen LogP contribution is -2.26. The predicted molar refractivity (Wildman–Crippen MR) is 116 cm³/mol. The maximum absolute atomic E-state index is 13.0. The topological polar surface area (TPSA) is 83.6 Å². The van der Waals surface area contributed by atoms with Gasteiger partial charge in [0.25, 0.3) is 0 Å². The monoisotopic (exact) mass is 432 g/mol. The molecular weight excluding hydrogens is 408 g/mol. The number of hydrogen-bond acceptors (Lipinski definition) is 5.